The second-order valence-electron chi connectivity index (χ2n) is 7.20. The number of hydrogen-bond donors (Lipinski definition) is 1. The van der Waals surface area contributed by atoms with Crippen LogP contribution in [-0.2, 0) is 17.8 Å². The molecule has 3 aromatic rings. The van der Waals surface area contributed by atoms with E-state index in [2.05, 4.69) is 10.3 Å². The van der Waals surface area contributed by atoms with Crippen LogP contribution in [0, 0.1) is 0 Å². The van der Waals surface area contributed by atoms with Crippen LogP contribution >= 0.6 is 11.6 Å². The molecule has 2 amide bonds. The number of aromatic nitrogens is 1. The van der Waals surface area contributed by atoms with E-state index in [0.717, 1.165) is 34.4 Å². The van der Waals surface area contributed by atoms with Gasteiger partial charge in [0.15, 0.2) is 0 Å². The Morgan fingerprint density at radius 3 is 2.63 bits per heavy atom. The van der Waals surface area contributed by atoms with Crippen LogP contribution < -0.4 is 10.2 Å². The van der Waals surface area contributed by atoms with Gasteiger partial charge >= 0.3 is 0 Å². The summed E-state index contributed by atoms with van der Waals surface area (Å²) < 4.78 is 0. The number of amides is 2. The highest BCUT2D eigenvalue weighted by Crippen LogP contribution is 2.40. The minimum absolute atomic E-state index is 0.110. The van der Waals surface area contributed by atoms with Crippen LogP contribution in [0.15, 0.2) is 60.9 Å². The molecule has 2 heterocycles. The lowest BCUT2D eigenvalue weighted by Gasteiger charge is -2.17. The van der Waals surface area contributed by atoms with Crippen LogP contribution in [0.25, 0.3) is 11.1 Å². The first-order valence-corrected chi connectivity index (χ1v) is 10.4. The summed E-state index contributed by atoms with van der Waals surface area (Å²) in [5, 5.41) is 3.57. The molecule has 0 fully saturated rings. The van der Waals surface area contributed by atoms with Crippen molar-refractivity contribution in [2.45, 2.75) is 26.3 Å². The summed E-state index contributed by atoms with van der Waals surface area (Å²) in [6, 6.07) is 15.1. The maximum atomic E-state index is 12.4. The van der Waals surface area contributed by atoms with E-state index in [-0.39, 0.29) is 11.8 Å². The van der Waals surface area contributed by atoms with Crippen LogP contribution in [0.3, 0.4) is 0 Å². The molecule has 0 unspecified atom stereocenters. The van der Waals surface area contributed by atoms with E-state index < -0.39 is 0 Å². The van der Waals surface area contributed by atoms with Gasteiger partial charge in [0.1, 0.15) is 0 Å². The molecule has 0 atom stereocenters. The zero-order valence-corrected chi connectivity index (χ0v) is 17.4. The fraction of sp³-hybridized carbons (Fsp3) is 0.208. The number of fused-ring (bicyclic) bond motifs is 1. The van der Waals surface area contributed by atoms with Gasteiger partial charge in [0.05, 0.1) is 5.02 Å². The summed E-state index contributed by atoms with van der Waals surface area (Å²) in [6.07, 6.45) is 4.66. The summed E-state index contributed by atoms with van der Waals surface area (Å²) in [4.78, 5) is 30.4. The summed E-state index contributed by atoms with van der Waals surface area (Å²) >= 11 is 6.70. The Balaban J connectivity index is 1.50. The SMILES string of the molecule is CCC(=O)N1CCc2c1ccc(-c1ccc(C(=O)NCc3cccnc3)cc1)c2Cl. The Morgan fingerprint density at radius 1 is 1.13 bits per heavy atom. The lowest BCUT2D eigenvalue weighted by Crippen LogP contribution is -2.27. The molecule has 1 N–H and O–H groups in total. The number of anilines is 1. The van der Waals surface area contributed by atoms with Crippen molar-refractivity contribution in [2.75, 3.05) is 11.4 Å². The first kappa shape index (κ1) is 20.1. The van der Waals surface area contributed by atoms with Gasteiger partial charge in [-0.1, -0.05) is 42.8 Å². The Bertz CT molecular complexity index is 1080. The highest BCUT2D eigenvalue weighted by Gasteiger charge is 2.26. The second-order valence-corrected chi connectivity index (χ2v) is 7.57. The van der Waals surface area contributed by atoms with E-state index in [1.807, 2.05) is 43.3 Å². The van der Waals surface area contributed by atoms with Gasteiger partial charge < -0.3 is 10.2 Å². The third kappa shape index (κ3) is 3.94. The van der Waals surface area contributed by atoms with Crippen LogP contribution in [0.1, 0.15) is 34.8 Å². The minimum Gasteiger partial charge on any atom is -0.348 e. The molecule has 2 aromatic carbocycles. The van der Waals surface area contributed by atoms with Crippen LogP contribution in [-0.4, -0.2) is 23.3 Å². The van der Waals surface area contributed by atoms with Crippen molar-refractivity contribution in [3.8, 4) is 11.1 Å². The number of nitrogens with one attached hydrogen (secondary N) is 1. The average Bonchev–Trinajstić information content (AvgIpc) is 3.23. The van der Waals surface area contributed by atoms with Crippen LogP contribution in [0.5, 0.6) is 0 Å². The number of hydrogen-bond acceptors (Lipinski definition) is 3. The highest BCUT2D eigenvalue weighted by molar-refractivity contribution is 6.34. The zero-order chi connectivity index (χ0) is 21.1. The Hall–Kier alpha value is -3.18. The molecular weight excluding hydrogens is 398 g/mol. The molecule has 0 radical (unpaired) electrons. The molecule has 1 aliphatic heterocycles. The van der Waals surface area contributed by atoms with Gasteiger partial charge in [0.2, 0.25) is 5.91 Å². The summed E-state index contributed by atoms with van der Waals surface area (Å²) in [6.45, 7) is 2.96. The van der Waals surface area contributed by atoms with Gasteiger partial charge in [0, 0.05) is 48.7 Å². The molecule has 0 spiro atoms. The summed E-state index contributed by atoms with van der Waals surface area (Å²) in [5.74, 6) is -0.0293. The Labute approximate surface area is 180 Å². The van der Waals surface area contributed by atoms with E-state index >= 15 is 0 Å². The predicted molar refractivity (Wildman–Crippen MR) is 119 cm³/mol. The number of benzene rings is 2. The standard InChI is InChI=1S/C24H22ClN3O2/c1-2-22(29)28-13-11-20-21(28)10-9-19(23(20)25)17-5-7-18(8-6-17)24(30)27-15-16-4-3-12-26-14-16/h3-10,12,14H,2,11,13,15H2,1H3,(H,27,30). The third-order valence-corrected chi connectivity index (χ3v) is 5.76. The van der Waals surface area contributed by atoms with E-state index in [0.29, 0.717) is 30.1 Å². The number of pyridine rings is 1. The van der Waals surface area contributed by atoms with Gasteiger partial charge in [-0.15, -0.1) is 0 Å². The topological polar surface area (TPSA) is 62.3 Å². The van der Waals surface area contributed by atoms with Gasteiger partial charge in [-0.2, -0.15) is 0 Å². The molecule has 0 saturated heterocycles. The average molecular weight is 420 g/mol. The van der Waals surface area contributed by atoms with Crippen molar-refractivity contribution in [1.82, 2.24) is 10.3 Å². The largest absolute Gasteiger partial charge is 0.348 e. The summed E-state index contributed by atoms with van der Waals surface area (Å²) in [5.41, 5.74) is 5.29. The molecule has 6 heteroatoms. The third-order valence-electron chi connectivity index (χ3n) is 5.33. The molecule has 0 aliphatic carbocycles. The monoisotopic (exact) mass is 419 g/mol. The Morgan fingerprint density at radius 2 is 1.93 bits per heavy atom. The smallest absolute Gasteiger partial charge is 0.251 e. The van der Waals surface area contributed by atoms with E-state index in [1.165, 1.54) is 0 Å². The number of rotatable bonds is 5. The number of nitrogens with zero attached hydrogens (tertiary/aromatic N) is 2. The van der Waals surface area contributed by atoms with Crippen molar-refractivity contribution >= 4 is 29.1 Å². The number of carbonyl (C=O) groups is 2. The molecule has 152 valence electrons. The molecule has 1 aliphatic rings. The first-order chi connectivity index (χ1) is 14.6. The summed E-state index contributed by atoms with van der Waals surface area (Å²) in [7, 11) is 0. The molecule has 30 heavy (non-hydrogen) atoms. The van der Waals surface area contributed by atoms with E-state index in [1.54, 1.807) is 29.4 Å². The van der Waals surface area contributed by atoms with Crippen LogP contribution in [0.2, 0.25) is 5.02 Å². The fourth-order valence-corrected chi connectivity index (χ4v) is 4.07. The lowest BCUT2D eigenvalue weighted by atomic mass is 10.00. The molecular formula is C24H22ClN3O2. The van der Waals surface area contributed by atoms with Crippen LogP contribution in [0.4, 0.5) is 5.69 Å². The van der Waals surface area contributed by atoms with E-state index in [4.69, 9.17) is 11.6 Å². The fourth-order valence-electron chi connectivity index (χ4n) is 3.71. The molecule has 0 saturated carbocycles. The molecule has 0 bridgehead atoms. The zero-order valence-electron chi connectivity index (χ0n) is 16.7. The quantitative estimate of drug-likeness (QED) is 0.655. The Kier molecular flexibility index (Phi) is 5.81. The van der Waals surface area contributed by atoms with E-state index in [9.17, 15) is 9.59 Å². The van der Waals surface area contributed by atoms with Gasteiger partial charge in [-0.25, -0.2) is 0 Å². The number of carbonyl (C=O) groups excluding carboxylic acids is 2. The van der Waals surface area contributed by atoms with Crippen molar-refractivity contribution < 1.29 is 9.59 Å². The second kappa shape index (κ2) is 8.67. The number of halogens is 1. The van der Waals surface area contributed by atoms with Crippen molar-refractivity contribution in [1.29, 1.82) is 0 Å². The van der Waals surface area contributed by atoms with Gasteiger partial charge in [-0.05, 0) is 47.4 Å². The van der Waals surface area contributed by atoms with Gasteiger partial charge in [-0.3, -0.25) is 14.6 Å². The molecule has 4 rings (SSSR count). The lowest BCUT2D eigenvalue weighted by molar-refractivity contribution is -0.118. The van der Waals surface area contributed by atoms with Crippen molar-refractivity contribution in [2.24, 2.45) is 0 Å². The molecule has 5 nitrogen and oxygen atoms in total. The first-order valence-electron chi connectivity index (χ1n) is 9.97. The van der Waals surface area contributed by atoms with Gasteiger partial charge in [0.25, 0.3) is 5.91 Å². The predicted octanol–water partition coefficient (Wildman–Crippen LogP) is 4.63. The van der Waals surface area contributed by atoms with Crippen molar-refractivity contribution in [3.63, 3.8) is 0 Å². The maximum absolute atomic E-state index is 12.4. The highest BCUT2D eigenvalue weighted by atomic mass is 35.5. The maximum Gasteiger partial charge on any atom is 0.251 e. The normalized spacial score (nSPS) is 12.5. The molecule has 1 aromatic heterocycles. The minimum atomic E-state index is -0.140. The van der Waals surface area contributed by atoms with Crippen molar-refractivity contribution in [3.05, 3.63) is 82.6 Å².